The van der Waals surface area contributed by atoms with Gasteiger partial charge in [0.2, 0.25) is 5.95 Å². The molecule has 0 saturated carbocycles. The number of Topliss-reactive ketones (excluding diaryl/α,β-unsaturated/α-hetero) is 1. The maximum Gasteiger partial charge on any atom is 0.278 e. The van der Waals surface area contributed by atoms with E-state index in [1.807, 2.05) is 19.1 Å². The molecule has 116 valence electrons. The Morgan fingerprint density at radius 2 is 1.78 bits per heavy atom. The first-order valence-electron chi connectivity index (χ1n) is 6.82. The lowest BCUT2D eigenvalue weighted by atomic mass is 10.1. The van der Waals surface area contributed by atoms with Gasteiger partial charge in [0.1, 0.15) is 5.69 Å². The van der Waals surface area contributed by atoms with Crippen LogP contribution in [0.25, 0.3) is 11.2 Å². The fourth-order valence-electron chi connectivity index (χ4n) is 2.15. The third-order valence-electron chi connectivity index (χ3n) is 3.36. The predicted octanol–water partition coefficient (Wildman–Crippen LogP) is 0.322. The highest BCUT2D eigenvalue weighted by Crippen LogP contribution is 2.07. The number of fused-ring (bicyclic) bond motifs is 1. The fraction of sp³-hybridized carbons (Fsp3) is 0.133. The molecule has 2 heterocycles. The van der Waals surface area contributed by atoms with E-state index in [4.69, 9.17) is 5.73 Å². The normalized spacial score (nSPS) is 10.8. The van der Waals surface area contributed by atoms with Crippen LogP contribution >= 0.6 is 0 Å². The van der Waals surface area contributed by atoms with E-state index in [2.05, 4.69) is 19.9 Å². The molecule has 8 nitrogen and oxygen atoms in total. The Balaban J connectivity index is 2.01. The van der Waals surface area contributed by atoms with Crippen LogP contribution in [-0.2, 0) is 6.42 Å². The molecule has 0 bridgehead atoms. The van der Waals surface area contributed by atoms with Crippen LogP contribution in [0.4, 0.5) is 5.95 Å². The second-order valence-electron chi connectivity index (χ2n) is 5.13. The molecule has 0 amide bonds. The third-order valence-corrected chi connectivity index (χ3v) is 3.36. The highest BCUT2D eigenvalue weighted by atomic mass is 16.1. The van der Waals surface area contributed by atoms with Gasteiger partial charge in [-0.3, -0.25) is 19.4 Å². The number of aromatic nitrogens is 4. The van der Waals surface area contributed by atoms with Crippen molar-refractivity contribution in [3.8, 4) is 0 Å². The van der Waals surface area contributed by atoms with Crippen molar-refractivity contribution in [3.05, 3.63) is 61.8 Å². The molecule has 0 fully saturated rings. The van der Waals surface area contributed by atoms with Crippen LogP contribution in [0.2, 0.25) is 0 Å². The van der Waals surface area contributed by atoms with Crippen molar-refractivity contribution in [2.24, 2.45) is 0 Å². The number of nitrogens with one attached hydrogen (secondary N) is 2. The lowest BCUT2D eigenvalue weighted by Gasteiger charge is -2.03. The average molecular weight is 311 g/mol. The number of nitrogen functional groups attached to an aromatic ring is 1. The summed E-state index contributed by atoms with van der Waals surface area (Å²) in [6.45, 7) is 1.91. The Bertz CT molecular complexity index is 1020. The smallest absolute Gasteiger partial charge is 0.278 e. The van der Waals surface area contributed by atoms with E-state index in [9.17, 15) is 14.4 Å². The van der Waals surface area contributed by atoms with Crippen LogP contribution in [0.1, 0.15) is 21.6 Å². The summed E-state index contributed by atoms with van der Waals surface area (Å²) in [5.41, 5.74) is 5.68. The Labute approximate surface area is 129 Å². The fourth-order valence-corrected chi connectivity index (χ4v) is 2.15. The number of carbonyl (C=O) groups excluding carboxylic acids is 1. The summed E-state index contributed by atoms with van der Waals surface area (Å²) in [5.74, 6) is -0.363. The molecule has 0 aliphatic rings. The molecule has 0 atom stereocenters. The molecule has 0 saturated heterocycles. The first kappa shape index (κ1) is 14.6. The number of anilines is 1. The molecule has 3 aromatic rings. The zero-order valence-corrected chi connectivity index (χ0v) is 12.2. The maximum atomic E-state index is 12.2. The lowest BCUT2D eigenvalue weighted by molar-refractivity contribution is 0.0991. The molecule has 3 rings (SSSR count). The van der Waals surface area contributed by atoms with Gasteiger partial charge in [-0.2, -0.15) is 4.98 Å². The van der Waals surface area contributed by atoms with Crippen molar-refractivity contribution in [1.82, 2.24) is 19.9 Å². The number of hydrogen-bond acceptors (Lipinski definition) is 6. The monoisotopic (exact) mass is 311 g/mol. The number of rotatable bonds is 3. The van der Waals surface area contributed by atoms with Crippen LogP contribution in [0.3, 0.4) is 0 Å². The first-order chi connectivity index (χ1) is 10.9. The molecule has 1 aromatic carbocycles. The van der Waals surface area contributed by atoms with Gasteiger partial charge in [-0.1, -0.05) is 29.8 Å². The number of hydrogen-bond donors (Lipinski definition) is 3. The molecule has 0 spiro atoms. The minimum atomic E-state index is -0.602. The first-order valence-corrected chi connectivity index (χ1v) is 6.82. The van der Waals surface area contributed by atoms with Crippen LogP contribution in [-0.4, -0.2) is 25.7 Å². The van der Waals surface area contributed by atoms with Crippen LogP contribution < -0.4 is 16.9 Å². The largest absolute Gasteiger partial charge is 0.369 e. The number of aromatic amines is 2. The van der Waals surface area contributed by atoms with E-state index in [0.29, 0.717) is 5.56 Å². The Morgan fingerprint density at radius 1 is 1.09 bits per heavy atom. The summed E-state index contributed by atoms with van der Waals surface area (Å²) in [6, 6.07) is 7.00. The summed E-state index contributed by atoms with van der Waals surface area (Å²) in [6.07, 6.45) is -0.192. The molecule has 4 N–H and O–H groups in total. The number of ketones is 1. The van der Waals surface area contributed by atoms with E-state index < -0.39 is 11.1 Å². The summed E-state index contributed by atoms with van der Waals surface area (Å²) in [5, 5.41) is 0. The molecule has 0 unspecified atom stereocenters. The summed E-state index contributed by atoms with van der Waals surface area (Å²) >= 11 is 0. The summed E-state index contributed by atoms with van der Waals surface area (Å²) in [4.78, 5) is 48.5. The second-order valence-corrected chi connectivity index (χ2v) is 5.13. The highest BCUT2D eigenvalue weighted by molar-refractivity contribution is 5.97. The van der Waals surface area contributed by atoms with Gasteiger partial charge in [0.15, 0.2) is 16.9 Å². The van der Waals surface area contributed by atoms with Crippen molar-refractivity contribution < 1.29 is 4.79 Å². The number of benzene rings is 1. The molecule has 0 radical (unpaired) electrons. The van der Waals surface area contributed by atoms with E-state index in [0.717, 1.165) is 5.56 Å². The minimum Gasteiger partial charge on any atom is -0.369 e. The van der Waals surface area contributed by atoms with Crippen molar-refractivity contribution >= 4 is 22.9 Å². The van der Waals surface area contributed by atoms with E-state index in [-0.39, 0.29) is 35.0 Å². The number of nitrogens with two attached hydrogens (primary N) is 1. The van der Waals surface area contributed by atoms with E-state index in [1.54, 1.807) is 12.1 Å². The van der Waals surface area contributed by atoms with Gasteiger partial charge in [-0.05, 0) is 6.92 Å². The standard InChI is InChI=1S/C15H13N5O3/c1-7-2-4-8(5-3-7)10(21)6-9-13(22)18-11-12(17-9)19-15(16)20-14(11)23/h2-5H,6H2,1H3,(H,18,22)(H3,16,17,19,20,23). The predicted molar refractivity (Wildman–Crippen MR) is 84.4 cm³/mol. The van der Waals surface area contributed by atoms with Gasteiger partial charge in [-0.15, -0.1) is 0 Å². The zero-order valence-electron chi connectivity index (χ0n) is 12.2. The van der Waals surface area contributed by atoms with Gasteiger partial charge in [0, 0.05) is 5.56 Å². The third kappa shape index (κ3) is 2.86. The molecule has 0 aliphatic carbocycles. The Hall–Kier alpha value is -3.29. The van der Waals surface area contributed by atoms with Gasteiger partial charge in [0.05, 0.1) is 6.42 Å². The number of aryl methyl sites for hydroxylation is 1. The summed E-state index contributed by atoms with van der Waals surface area (Å²) < 4.78 is 0. The number of H-pyrrole nitrogens is 2. The van der Waals surface area contributed by atoms with E-state index in [1.165, 1.54) is 0 Å². The Morgan fingerprint density at radius 3 is 2.48 bits per heavy atom. The summed E-state index contributed by atoms with van der Waals surface area (Å²) in [7, 11) is 0. The van der Waals surface area contributed by atoms with Crippen molar-refractivity contribution in [2.75, 3.05) is 5.73 Å². The van der Waals surface area contributed by atoms with Crippen LogP contribution in [0, 0.1) is 6.92 Å². The second kappa shape index (κ2) is 5.48. The minimum absolute atomic E-state index is 0.00226. The van der Waals surface area contributed by atoms with Crippen molar-refractivity contribution in [2.45, 2.75) is 13.3 Å². The molecular weight excluding hydrogens is 298 g/mol. The molecule has 0 aliphatic heterocycles. The number of nitrogens with zero attached hydrogens (tertiary/aromatic N) is 2. The van der Waals surface area contributed by atoms with Gasteiger partial charge < -0.3 is 10.7 Å². The van der Waals surface area contributed by atoms with Gasteiger partial charge in [0.25, 0.3) is 11.1 Å². The van der Waals surface area contributed by atoms with E-state index >= 15 is 0 Å². The molecule has 23 heavy (non-hydrogen) atoms. The Kier molecular flexibility index (Phi) is 3.49. The molecular formula is C15H13N5O3. The quantitative estimate of drug-likeness (QED) is 0.596. The maximum absolute atomic E-state index is 12.2. The lowest BCUT2D eigenvalue weighted by Crippen LogP contribution is -2.23. The highest BCUT2D eigenvalue weighted by Gasteiger charge is 2.14. The topological polar surface area (TPSA) is 135 Å². The van der Waals surface area contributed by atoms with Gasteiger partial charge in [-0.25, -0.2) is 4.98 Å². The van der Waals surface area contributed by atoms with Crippen molar-refractivity contribution in [3.63, 3.8) is 0 Å². The molecule has 2 aromatic heterocycles. The zero-order chi connectivity index (χ0) is 16.6. The SMILES string of the molecule is Cc1ccc(C(=O)Cc2nc3nc(N)[nH]c(=O)c3[nH]c2=O)cc1. The van der Waals surface area contributed by atoms with Crippen molar-refractivity contribution in [1.29, 1.82) is 0 Å². The molecule has 8 heteroatoms. The van der Waals surface area contributed by atoms with Crippen LogP contribution in [0.5, 0.6) is 0 Å². The van der Waals surface area contributed by atoms with Gasteiger partial charge >= 0.3 is 0 Å². The number of carbonyl (C=O) groups is 1. The van der Waals surface area contributed by atoms with Crippen LogP contribution in [0.15, 0.2) is 33.9 Å². The average Bonchev–Trinajstić information content (AvgIpc) is 2.49.